The molecule has 1 fully saturated rings. The zero-order chi connectivity index (χ0) is 16.8. The van der Waals surface area contributed by atoms with Crippen molar-refractivity contribution in [1.29, 1.82) is 0 Å². The van der Waals surface area contributed by atoms with Gasteiger partial charge in [0.05, 0.1) is 18.7 Å². The highest BCUT2D eigenvalue weighted by Gasteiger charge is 2.22. The van der Waals surface area contributed by atoms with E-state index in [1.54, 1.807) is 19.2 Å². The summed E-state index contributed by atoms with van der Waals surface area (Å²) < 4.78 is 11.0. The predicted molar refractivity (Wildman–Crippen MR) is 91.8 cm³/mol. The molecule has 0 spiro atoms. The van der Waals surface area contributed by atoms with Crippen molar-refractivity contribution >= 4 is 17.5 Å². The van der Waals surface area contributed by atoms with Crippen molar-refractivity contribution in [2.45, 2.75) is 19.8 Å². The van der Waals surface area contributed by atoms with Crippen LogP contribution in [-0.2, 0) is 0 Å². The summed E-state index contributed by atoms with van der Waals surface area (Å²) in [6, 6.07) is 3.39. The van der Waals surface area contributed by atoms with Gasteiger partial charge in [-0.3, -0.25) is 4.79 Å². The van der Waals surface area contributed by atoms with Gasteiger partial charge in [0.15, 0.2) is 11.5 Å². The molecular weight excluding hydrogens is 316 g/mol. The van der Waals surface area contributed by atoms with E-state index < -0.39 is 0 Å². The SMILES string of the molecule is CCCOc1c(Cl)cc(C(=O)N2CCCN(C)CC2)cc1OC. The first-order valence-electron chi connectivity index (χ1n) is 8.05. The summed E-state index contributed by atoms with van der Waals surface area (Å²) in [6.07, 6.45) is 1.85. The minimum absolute atomic E-state index is 0.0115. The lowest BCUT2D eigenvalue weighted by atomic mass is 10.1. The van der Waals surface area contributed by atoms with Crippen molar-refractivity contribution in [2.24, 2.45) is 0 Å². The first kappa shape index (κ1) is 17.9. The van der Waals surface area contributed by atoms with Crippen molar-refractivity contribution in [3.05, 3.63) is 22.7 Å². The maximum absolute atomic E-state index is 12.8. The van der Waals surface area contributed by atoms with Gasteiger partial charge in [-0.05, 0) is 38.6 Å². The highest BCUT2D eigenvalue weighted by atomic mass is 35.5. The molecule has 23 heavy (non-hydrogen) atoms. The molecule has 0 bridgehead atoms. The van der Waals surface area contributed by atoms with Crippen LogP contribution in [0.4, 0.5) is 0 Å². The molecule has 1 saturated heterocycles. The van der Waals surface area contributed by atoms with E-state index in [0.717, 1.165) is 39.0 Å². The molecule has 1 aliphatic rings. The summed E-state index contributed by atoms with van der Waals surface area (Å²) in [4.78, 5) is 16.9. The van der Waals surface area contributed by atoms with E-state index in [2.05, 4.69) is 11.9 Å². The molecule has 1 heterocycles. The van der Waals surface area contributed by atoms with E-state index in [-0.39, 0.29) is 5.91 Å². The molecule has 0 atom stereocenters. The number of amides is 1. The maximum Gasteiger partial charge on any atom is 0.254 e. The second-order valence-corrected chi connectivity index (χ2v) is 6.19. The van der Waals surface area contributed by atoms with Gasteiger partial charge < -0.3 is 19.3 Å². The highest BCUT2D eigenvalue weighted by Crippen LogP contribution is 2.36. The van der Waals surface area contributed by atoms with Crippen molar-refractivity contribution in [3.63, 3.8) is 0 Å². The van der Waals surface area contributed by atoms with Gasteiger partial charge in [-0.1, -0.05) is 18.5 Å². The number of hydrogen-bond acceptors (Lipinski definition) is 4. The maximum atomic E-state index is 12.8. The third-order valence-corrected chi connectivity index (χ3v) is 4.21. The van der Waals surface area contributed by atoms with Crippen molar-refractivity contribution in [2.75, 3.05) is 46.9 Å². The Morgan fingerprint density at radius 1 is 1.26 bits per heavy atom. The van der Waals surface area contributed by atoms with Gasteiger partial charge in [0.2, 0.25) is 0 Å². The Labute approximate surface area is 143 Å². The zero-order valence-corrected chi connectivity index (χ0v) is 14.9. The molecule has 0 aromatic heterocycles. The van der Waals surface area contributed by atoms with Crippen LogP contribution in [0.15, 0.2) is 12.1 Å². The minimum atomic E-state index is -0.0115. The van der Waals surface area contributed by atoms with Crippen LogP contribution < -0.4 is 9.47 Å². The molecule has 1 aliphatic heterocycles. The summed E-state index contributed by atoms with van der Waals surface area (Å²) in [5.41, 5.74) is 0.542. The van der Waals surface area contributed by atoms with E-state index >= 15 is 0 Å². The Hall–Kier alpha value is -1.46. The average Bonchev–Trinajstić information content (AvgIpc) is 2.77. The van der Waals surface area contributed by atoms with Gasteiger partial charge in [-0.2, -0.15) is 0 Å². The van der Waals surface area contributed by atoms with E-state index in [4.69, 9.17) is 21.1 Å². The number of rotatable bonds is 5. The number of likely N-dealkylation sites (N-methyl/N-ethyl adjacent to an activating group) is 1. The number of carbonyl (C=O) groups is 1. The second-order valence-electron chi connectivity index (χ2n) is 5.79. The largest absolute Gasteiger partial charge is 0.493 e. The van der Waals surface area contributed by atoms with Crippen LogP contribution in [0.25, 0.3) is 0 Å². The van der Waals surface area contributed by atoms with E-state index in [1.807, 2.05) is 11.8 Å². The number of methoxy groups -OCH3 is 1. The van der Waals surface area contributed by atoms with Gasteiger partial charge >= 0.3 is 0 Å². The molecule has 6 heteroatoms. The first-order chi connectivity index (χ1) is 11.1. The number of nitrogens with zero attached hydrogens (tertiary/aromatic N) is 2. The average molecular weight is 341 g/mol. The van der Waals surface area contributed by atoms with Crippen molar-refractivity contribution in [1.82, 2.24) is 9.80 Å². The van der Waals surface area contributed by atoms with E-state index in [9.17, 15) is 4.79 Å². The Bertz CT molecular complexity index is 551. The van der Waals surface area contributed by atoms with E-state index in [0.29, 0.717) is 28.7 Å². The van der Waals surface area contributed by atoms with Gasteiger partial charge in [0, 0.05) is 25.2 Å². The lowest BCUT2D eigenvalue weighted by molar-refractivity contribution is 0.0762. The summed E-state index contributed by atoms with van der Waals surface area (Å²) in [7, 11) is 3.63. The molecule has 0 N–H and O–H groups in total. The first-order valence-corrected chi connectivity index (χ1v) is 8.42. The fourth-order valence-electron chi connectivity index (χ4n) is 2.62. The topological polar surface area (TPSA) is 42.0 Å². The number of ether oxygens (including phenoxy) is 2. The van der Waals surface area contributed by atoms with Gasteiger partial charge in [0.25, 0.3) is 5.91 Å². The van der Waals surface area contributed by atoms with Crippen LogP contribution in [0.2, 0.25) is 5.02 Å². The Morgan fingerprint density at radius 3 is 2.74 bits per heavy atom. The second kappa shape index (κ2) is 8.41. The monoisotopic (exact) mass is 340 g/mol. The zero-order valence-electron chi connectivity index (χ0n) is 14.1. The molecule has 128 valence electrons. The highest BCUT2D eigenvalue weighted by molar-refractivity contribution is 6.32. The summed E-state index contributed by atoms with van der Waals surface area (Å²) in [6.45, 7) is 5.96. The molecule has 1 aromatic rings. The summed E-state index contributed by atoms with van der Waals surface area (Å²) in [5, 5.41) is 0.410. The van der Waals surface area contributed by atoms with Crippen molar-refractivity contribution < 1.29 is 14.3 Å². The van der Waals surface area contributed by atoms with Crippen LogP contribution >= 0.6 is 11.6 Å². The third-order valence-electron chi connectivity index (χ3n) is 3.93. The Balaban J connectivity index is 2.21. The molecule has 2 rings (SSSR count). The van der Waals surface area contributed by atoms with Crippen LogP contribution in [0.5, 0.6) is 11.5 Å². The smallest absolute Gasteiger partial charge is 0.254 e. The molecule has 0 aliphatic carbocycles. The van der Waals surface area contributed by atoms with Gasteiger partial charge in [0.1, 0.15) is 0 Å². The third kappa shape index (κ3) is 4.52. The molecular formula is C17H25ClN2O3. The lowest BCUT2D eigenvalue weighted by Crippen LogP contribution is -2.34. The van der Waals surface area contributed by atoms with Crippen LogP contribution in [0, 0.1) is 0 Å². The summed E-state index contributed by atoms with van der Waals surface area (Å²) in [5.74, 6) is 0.993. The molecule has 5 nitrogen and oxygen atoms in total. The lowest BCUT2D eigenvalue weighted by Gasteiger charge is -2.21. The Kier molecular flexibility index (Phi) is 6.54. The molecule has 1 amide bonds. The van der Waals surface area contributed by atoms with Crippen LogP contribution in [0.1, 0.15) is 30.1 Å². The van der Waals surface area contributed by atoms with E-state index in [1.165, 1.54) is 0 Å². The number of carbonyl (C=O) groups excluding carboxylic acids is 1. The molecule has 0 unspecified atom stereocenters. The Morgan fingerprint density at radius 2 is 2.04 bits per heavy atom. The standard InChI is InChI=1S/C17H25ClN2O3/c1-4-10-23-16-14(18)11-13(12-15(16)22-3)17(21)20-7-5-6-19(2)8-9-20/h11-12H,4-10H2,1-3H3. The van der Waals surface area contributed by atoms with Crippen LogP contribution in [-0.4, -0.2) is 62.7 Å². The fourth-order valence-corrected chi connectivity index (χ4v) is 2.88. The minimum Gasteiger partial charge on any atom is -0.493 e. The predicted octanol–water partition coefficient (Wildman–Crippen LogP) is 2.92. The number of benzene rings is 1. The molecule has 0 saturated carbocycles. The number of hydrogen-bond donors (Lipinski definition) is 0. The normalized spacial score (nSPS) is 16.1. The van der Waals surface area contributed by atoms with Gasteiger partial charge in [-0.25, -0.2) is 0 Å². The quantitative estimate of drug-likeness (QED) is 0.826. The van der Waals surface area contributed by atoms with Crippen molar-refractivity contribution in [3.8, 4) is 11.5 Å². The molecule has 1 aromatic carbocycles. The fraction of sp³-hybridized carbons (Fsp3) is 0.588. The number of halogens is 1. The summed E-state index contributed by atoms with van der Waals surface area (Å²) >= 11 is 6.30. The van der Waals surface area contributed by atoms with Crippen LogP contribution in [0.3, 0.4) is 0 Å². The van der Waals surface area contributed by atoms with Gasteiger partial charge in [-0.15, -0.1) is 0 Å². The molecule has 0 radical (unpaired) electrons.